The molecule has 2 aliphatic rings. The van der Waals surface area contributed by atoms with Crippen LogP contribution in [0.1, 0.15) is 27.2 Å². The van der Waals surface area contributed by atoms with Crippen LogP contribution in [0, 0.1) is 29.1 Å². The van der Waals surface area contributed by atoms with Crippen LogP contribution in [0.5, 0.6) is 0 Å². The number of nitrogens with zero attached hydrogens (tertiary/aromatic N) is 1. The summed E-state index contributed by atoms with van der Waals surface area (Å²) in [5.41, 5.74) is 0.360. The SMILES string of the molecule is C[C@H]1[C@H]2C[C@@H]([C@H](CN(C)C)C2=O)C1(C)C. The molecule has 86 valence electrons. The molecule has 0 heterocycles. The average molecular weight is 209 g/mol. The number of hydrogen-bond acceptors (Lipinski definition) is 2. The molecule has 15 heavy (non-hydrogen) atoms. The Bertz CT molecular complexity index is 282. The van der Waals surface area contributed by atoms with E-state index in [0.717, 1.165) is 13.0 Å². The van der Waals surface area contributed by atoms with Gasteiger partial charge in [0.25, 0.3) is 0 Å². The zero-order valence-electron chi connectivity index (χ0n) is 10.6. The first-order valence-electron chi connectivity index (χ1n) is 6.04. The third-order valence-electron chi connectivity index (χ3n) is 5.02. The quantitative estimate of drug-likeness (QED) is 0.693. The predicted molar refractivity (Wildman–Crippen MR) is 61.6 cm³/mol. The first kappa shape index (κ1) is 11.1. The number of hydrogen-bond donors (Lipinski definition) is 0. The summed E-state index contributed by atoms with van der Waals surface area (Å²) in [6.07, 6.45) is 1.14. The molecule has 4 atom stereocenters. The predicted octanol–water partition coefficient (Wildman–Crippen LogP) is 2.05. The highest BCUT2D eigenvalue weighted by molar-refractivity contribution is 5.87. The fourth-order valence-corrected chi connectivity index (χ4v) is 3.77. The van der Waals surface area contributed by atoms with Gasteiger partial charge in [0, 0.05) is 18.4 Å². The van der Waals surface area contributed by atoms with Gasteiger partial charge in [-0.25, -0.2) is 0 Å². The van der Waals surface area contributed by atoms with Crippen molar-refractivity contribution < 1.29 is 4.79 Å². The Morgan fingerprint density at radius 1 is 1.40 bits per heavy atom. The summed E-state index contributed by atoms with van der Waals surface area (Å²) in [5, 5.41) is 0. The fraction of sp³-hybridized carbons (Fsp3) is 0.923. The number of ketones is 1. The molecule has 2 nitrogen and oxygen atoms in total. The highest BCUT2D eigenvalue weighted by Crippen LogP contribution is 2.59. The number of Topliss-reactive ketones (excluding diaryl/α,β-unsaturated/α-hetero) is 1. The van der Waals surface area contributed by atoms with E-state index in [2.05, 4.69) is 39.8 Å². The van der Waals surface area contributed by atoms with Gasteiger partial charge >= 0.3 is 0 Å². The molecular formula is C13H23NO. The molecule has 2 bridgehead atoms. The minimum atomic E-state index is 0.302. The molecule has 2 aliphatic carbocycles. The van der Waals surface area contributed by atoms with Crippen LogP contribution in [0.15, 0.2) is 0 Å². The molecule has 0 radical (unpaired) electrons. The van der Waals surface area contributed by atoms with Crippen LogP contribution in [0.4, 0.5) is 0 Å². The van der Waals surface area contributed by atoms with Gasteiger partial charge in [-0.3, -0.25) is 4.79 Å². The number of carbonyl (C=O) groups excluding carboxylic acids is 1. The lowest BCUT2D eigenvalue weighted by Crippen LogP contribution is -2.43. The van der Waals surface area contributed by atoms with Gasteiger partial charge < -0.3 is 4.90 Å². The first-order valence-corrected chi connectivity index (χ1v) is 6.04. The van der Waals surface area contributed by atoms with Crippen LogP contribution in [-0.2, 0) is 4.79 Å². The van der Waals surface area contributed by atoms with E-state index in [4.69, 9.17) is 0 Å². The molecule has 0 aromatic rings. The van der Waals surface area contributed by atoms with E-state index >= 15 is 0 Å². The Kier molecular flexibility index (Phi) is 2.45. The smallest absolute Gasteiger partial charge is 0.140 e. The molecule has 0 aliphatic heterocycles. The van der Waals surface area contributed by atoms with Crippen molar-refractivity contribution in [3.05, 3.63) is 0 Å². The minimum absolute atomic E-state index is 0.302. The Hall–Kier alpha value is -0.370. The van der Waals surface area contributed by atoms with Crippen LogP contribution in [0.3, 0.4) is 0 Å². The molecule has 0 amide bonds. The lowest BCUT2D eigenvalue weighted by atomic mass is 9.65. The summed E-state index contributed by atoms with van der Waals surface area (Å²) in [6.45, 7) is 7.89. The molecule has 0 N–H and O–H groups in total. The summed E-state index contributed by atoms with van der Waals surface area (Å²) in [7, 11) is 4.13. The molecule has 0 spiro atoms. The van der Waals surface area contributed by atoms with Gasteiger partial charge in [-0.2, -0.15) is 0 Å². The second-order valence-electron chi connectivity index (χ2n) is 6.33. The summed E-state index contributed by atoms with van der Waals surface area (Å²) in [4.78, 5) is 14.3. The van der Waals surface area contributed by atoms with Crippen molar-refractivity contribution in [2.45, 2.75) is 27.2 Å². The maximum Gasteiger partial charge on any atom is 0.140 e. The lowest BCUT2D eigenvalue weighted by Gasteiger charge is -2.40. The van der Waals surface area contributed by atoms with Crippen molar-refractivity contribution in [3.63, 3.8) is 0 Å². The van der Waals surface area contributed by atoms with Gasteiger partial charge in [0.1, 0.15) is 5.78 Å². The van der Waals surface area contributed by atoms with E-state index in [-0.39, 0.29) is 0 Å². The molecule has 2 fully saturated rings. The molecular weight excluding hydrogens is 186 g/mol. The summed E-state index contributed by atoms with van der Waals surface area (Å²) < 4.78 is 0. The van der Waals surface area contributed by atoms with Crippen molar-refractivity contribution in [3.8, 4) is 0 Å². The molecule has 2 saturated carbocycles. The maximum atomic E-state index is 12.2. The fourth-order valence-electron chi connectivity index (χ4n) is 3.77. The Morgan fingerprint density at radius 3 is 2.47 bits per heavy atom. The van der Waals surface area contributed by atoms with Crippen molar-refractivity contribution >= 4 is 5.78 Å². The maximum absolute atomic E-state index is 12.2. The van der Waals surface area contributed by atoms with Crippen molar-refractivity contribution in [2.24, 2.45) is 29.1 Å². The van der Waals surface area contributed by atoms with E-state index in [0.29, 0.717) is 34.9 Å². The van der Waals surface area contributed by atoms with E-state index < -0.39 is 0 Å². The molecule has 2 heteroatoms. The topological polar surface area (TPSA) is 20.3 Å². The van der Waals surface area contributed by atoms with Gasteiger partial charge in [-0.1, -0.05) is 20.8 Å². The summed E-state index contributed by atoms with van der Waals surface area (Å²) >= 11 is 0. The van der Waals surface area contributed by atoms with E-state index in [9.17, 15) is 4.79 Å². The van der Waals surface area contributed by atoms with Gasteiger partial charge in [0.15, 0.2) is 0 Å². The van der Waals surface area contributed by atoms with Crippen LogP contribution in [0.2, 0.25) is 0 Å². The zero-order valence-corrected chi connectivity index (χ0v) is 10.6. The third kappa shape index (κ3) is 1.45. The van der Waals surface area contributed by atoms with Crippen LogP contribution in [-0.4, -0.2) is 31.3 Å². The number of fused-ring (bicyclic) bond motifs is 2. The first-order chi connectivity index (χ1) is 6.85. The van der Waals surface area contributed by atoms with Crippen LogP contribution < -0.4 is 0 Å². The second kappa shape index (κ2) is 3.31. The van der Waals surface area contributed by atoms with Crippen LogP contribution in [0.25, 0.3) is 0 Å². The van der Waals surface area contributed by atoms with E-state index in [1.165, 1.54) is 0 Å². The highest BCUT2D eigenvalue weighted by atomic mass is 16.1. The highest BCUT2D eigenvalue weighted by Gasteiger charge is 2.59. The summed E-state index contributed by atoms with van der Waals surface area (Å²) in [5.74, 6) is 2.40. The van der Waals surface area contributed by atoms with Gasteiger partial charge in [-0.05, 0) is 37.8 Å². The largest absolute Gasteiger partial charge is 0.309 e. The average Bonchev–Trinajstić information content (AvgIpc) is 2.52. The molecule has 2 rings (SSSR count). The second-order valence-corrected chi connectivity index (χ2v) is 6.33. The van der Waals surface area contributed by atoms with Gasteiger partial charge in [0.2, 0.25) is 0 Å². The Morgan fingerprint density at radius 2 is 2.00 bits per heavy atom. The zero-order chi connectivity index (χ0) is 11.4. The minimum Gasteiger partial charge on any atom is -0.309 e. The third-order valence-corrected chi connectivity index (χ3v) is 5.02. The van der Waals surface area contributed by atoms with Crippen LogP contribution >= 0.6 is 0 Å². The molecule has 0 unspecified atom stereocenters. The molecule has 0 saturated heterocycles. The summed E-state index contributed by atoms with van der Waals surface area (Å²) in [6, 6.07) is 0. The van der Waals surface area contributed by atoms with Gasteiger partial charge in [-0.15, -0.1) is 0 Å². The van der Waals surface area contributed by atoms with Crippen molar-refractivity contribution in [2.75, 3.05) is 20.6 Å². The number of carbonyl (C=O) groups is 1. The lowest BCUT2D eigenvalue weighted by molar-refractivity contribution is -0.131. The van der Waals surface area contributed by atoms with Crippen molar-refractivity contribution in [1.82, 2.24) is 4.90 Å². The molecule has 0 aromatic heterocycles. The van der Waals surface area contributed by atoms with Crippen molar-refractivity contribution in [1.29, 1.82) is 0 Å². The van der Waals surface area contributed by atoms with Gasteiger partial charge in [0.05, 0.1) is 0 Å². The standard InChI is InChI=1S/C13H23NO/c1-8-9-6-11(13(8,2)3)10(12(9)15)7-14(4)5/h8-11H,6-7H2,1-5H3/t8-,9+,10-,11-/m0/s1. The number of rotatable bonds is 2. The molecule has 0 aromatic carbocycles. The normalized spacial score (nSPS) is 42.9. The monoisotopic (exact) mass is 209 g/mol. The Balaban J connectivity index is 2.21. The van der Waals surface area contributed by atoms with E-state index in [1.54, 1.807) is 0 Å². The Labute approximate surface area is 93.0 Å². The van der Waals surface area contributed by atoms with E-state index in [1.807, 2.05) is 0 Å².